The molecule has 186 valence electrons. The molecule has 8 heteroatoms. The fourth-order valence-corrected chi connectivity index (χ4v) is 6.14. The van der Waals surface area contributed by atoms with E-state index in [0.29, 0.717) is 12.1 Å². The van der Waals surface area contributed by atoms with E-state index in [0.717, 1.165) is 51.5 Å². The molecule has 5 nitrogen and oxygen atoms in total. The summed E-state index contributed by atoms with van der Waals surface area (Å²) >= 11 is 3.33. The Bertz CT molecular complexity index is 1500. The molecule has 5 aromatic rings. The second-order valence-corrected chi connectivity index (χ2v) is 10.8. The third-order valence-electron chi connectivity index (χ3n) is 6.33. The van der Waals surface area contributed by atoms with E-state index in [-0.39, 0.29) is 7.24 Å². The van der Waals surface area contributed by atoms with Crippen LogP contribution >= 0.6 is 22.7 Å². The number of hydrogen-bond donors (Lipinski definition) is 1. The number of piperidine rings is 1. The van der Waals surface area contributed by atoms with Crippen LogP contribution in [-0.2, 0) is 11.3 Å². The van der Waals surface area contributed by atoms with Gasteiger partial charge in [-0.2, -0.15) is 0 Å². The highest BCUT2D eigenvalue weighted by molar-refractivity contribution is 7.22. The van der Waals surface area contributed by atoms with Crippen molar-refractivity contribution in [2.45, 2.75) is 32.7 Å². The SMILES string of the molecule is Cc1ccc(-c2cc3c(N4CCCCC4)ncnc3s2)cc1F.O=CNCc1ccc2sccc2c1.[HH]. The van der Waals surface area contributed by atoms with Crippen LogP contribution in [0.1, 0.15) is 31.8 Å². The monoisotopic (exact) mass is 520 g/mol. The molecule has 0 atom stereocenters. The molecule has 0 bridgehead atoms. The lowest BCUT2D eigenvalue weighted by atomic mass is 10.1. The minimum Gasteiger partial charge on any atom is -0.356 e. The summed E-state index contributed by atoms with van der Waals surface area (Å²) in [7, 11) is 0. The number of nitrogens with zero attached hydrogens (tertiary/aromatic N) is 3. The number of rotatable bonds is 5. The third-order valence-corrected chi connectivity index (χ3v) is 8.32. The largest absolute Gasteiger partial charge is 0.356 e. The highest BCUT2D eigenvalue weighted by atomic mass is 32.1. The standard InChI is InChI=1S/C18H18FN3S.C10H9NOS.H2/c1-12-5-6-13(9-15(12)19)16-10-14-17(20-11-21-18(14)23-16)22-7-3-2-4-8-22;12-7-11-6-8-1-2-10-9(5-8)3-4-13-10;/h5-6,9-11H,2-4,7-8H2,1H3;1-5,7H,6H2,(H,11,12);1H. The van der Waals surface area contributed by atoms with Gasteiger partial charge in [-0.05, 0) is 84.0 Å². The second kappa shape index (κ2) is 11.1. The van der Waals surface area contributed by atoms with E-state index in [9.17, 15) is 9.18 Å². The van der Waals surface area contributed by atoms with E-state index in [1.54, 1.807) is 42.0 Å². The van der Waals surface area contributed by atoms with Crippen LogP contribution in [-0.4, -0.2) is 29.5 Å². The van der Waals surface area contributed by atoms with Gasteiger partial charge in [0.25, 0.3) is 0 Å². The molecule has 0 saturated carbocycles. The zero-order valence-corrected chi connectivity index (χ0v) is 21.7. The number of aromatic nitrogens is 2. The number of carbonyl (C=O) groups is 1. The van der Waals surface area contributed by atoms with E-state index in [1.807, 2.05) is 18.2 Å². The zero-order valence-electron chi connectivity index (χ0n) is 20.0. The van der Waals surface area contributed by atoms with E-state index in [1.165, 1.54) is 29.3 Å². The van der Waals surface area contributed by atoms with Crippen molar-refractivity contribution in [3.8, 4) is 10.4 Å². The van der Waals surface area contributed by atoms with Gasteiger partial charge < -0.3 is 10.2 Å². The Balaban J connectivity index is 0.000000195. The number of amides is 1. The van der Waals surface area contributed by atoms with Crippen molar-refractivity contribution in [3.63, 3.8) is 0 Å². The van der Waals surface area contributed by atoms with Crippen molar-refractivity contribution in [2.24, 2.45) is 0 Å². The van der Waals surface area contributed by atoms with Gasteiger partial charge >= 0.3 is 0 Å². The maximum absolute atomic E-state index is 13.9. The van der Waals surface area contributed by atoms with Gasteiger partial charge in [-0.25, -0.2) is 14.4 Å². The first-order valence-electron chi connectivity index (χ1n) is 12.0. The first-order valence-corrected chi connectivity index (χ1v) is 13.7. The number of aryl methyl sites for hydroxylation is 1. The Hall–Kier alpha value is -3.36. The van der Waals surface area contributed by atoms with Crippen LogP contribution in [0.5, 0.6) is 0 Å². The van der Waals surface area contributed by atoms with Crippen LogP contribution in [0.3, 0.4) is 0 Å². The number of halogens is 1. The maximum Gasteiger partial charge on any atom is 0.207 e. The second-order valence-electron chi connectivity index (χ2n) is 8.83. The highest BCUT2D eigenvalue weighted by Gasteiger charge is 2.17. The molecule has 0 spiro atoms. The van der Waals surface area contributed by atoms with E-state index in [4.69, 9.17) is 0 Å². The fourth-order valence-electron chi connectivity index (χ4n) is 4.37. The minimum atomic E-state index is -0.165. The molecule has 1 N–H and O–H groups in total. The summed E-state index contributed by atoms with van der Waals surface area (Å²) in [4.78, 5) is 23.4. The molecular weight excluding hydrogens is 491 g/mol. The van der Waals surface area contributed by atoms with Crippen molar-refractivity contribution >= 4 is 55.2 Å². The molecule has 0 unspecified atom stereocenters. The first-order chi connectivity index (χ1) is 17.6. The first kappa shape index (κ1) is 24.3. The van der Waals surface area contributed by atoms with E-state index < -0.39 is 0 Å². The highest BCUT2D eigenvalue weighted by Crippen LogP contribution is 2.37. The molecular formula is C28H29FN4OS2. The van der Waals surface area contributed by atoms with Crippen LogP contribution in [0.2, 0.25) is 0 Å². The molecule has 6 rings (SSSR count). The number of nitrogens with one attached hydrogen (secondary N) is 1. The Kier molecular flexibility index (Phi) is 7.53. The summed E-state index contributed by atoms with van der Waals surface area (Å²) in [6.45, 7) is 4.49. The Morgan fingerprint density at radius 3 is 2.75 bits per heavy atom. The lowest BCUT2D eigenvalue weighted by molar-refractivity contribution is -0.109. The summed E-state index contributed by atoms with van der Waals surface area (Å²) in [5.74, 6) is 0.854. The Morgan fingerprint density at radius 1 is 1.08 bits per heavy atom. The summed E-state index contributed by atoms with van der Waals surface area (Å²) in [5, 5.41) is 7.04. The average molecular weight is 521 g/mol. The van der Waals surface area contributed by atoms with Gasteiger partial charge in [0.2, 0.25) is 6.41 Å². The van der Waals surface area contributed by atoms with Gasteiger partial charge in [0, 0.05) is 30.6 Å². The quantitative estimate of drug-likeness (QED) is 0.249. The van der Waals surface area contributed by atoms with Crippen LogP contribution < -0.4 is 10.2 Å². The predicted molar refractivity (Wildman–Crippen MR) is 150 cm³/mol. The van der Waals surface area contributed by atoms with Gasteiger partial charge in [0.15, 0.2) is 0 Å². The normalized spacial score (nSPS) is 13.4. The number of carbonyl (C=O) groups excluding carboxylic acids is 1. The van der Waals surface area contributed by atoms with Gasteiger partial charge in [0.05, 0.1) is 5.39 Å². The fraction of sp³-hybridized carbons (Fsp3) is 0.250. The van der Waals surface area contributed by atoms with Crippen LogP contribution in [0, 0.1) is 12.7 Å². The van der Waals surface area contributed by atoms with Gasteiger partial charge in [-0.3, -0.25) is 4.79 Å². The zero-order chi connectivity index (χ0) is 24.9. The topological polar surface area (TPSA) is 58.1 Å². The molecule has 1 amide bonds. The van der Waals surface area contributed by atoms with Crippen LogP contribution in [0.25, 0.3) is 30.7 Å². The van der Waals surface area contributed by atoms with Crippen molar-refractivity contribution in [1.29, 1.82) is 0 Å². The van der Waals surface area contributed by atoms with E-state index >= 15 is 0 Å². The molecule has 1 aliphatic heterocycles. The van der Waals surface area contributed by atoms with Gasteiger partial charge in [-0.15, -0.1) is 22.7 Å². The lowest BCUT2D eigenvalue weighted by Gasteiger charge is -2.27. The van der Waals surface area contributed by atoms with Crippen LogP contribution in [0.4, 0.5) is 10.2 Å². The molecule has 1 aliphatic rings. The van der Waals surface area contributed by atoms with Crippen molar-refractivity contribution in [1.82, 2.24) is 15.3 Å². The van der Waals surface area contributed by atoms with Gasteiger partial charge in [-0.1, -0.05) is 18.2 Å². The predicted octanol–water partition coefficient (Wildman–Crippen LogP) is 7.19. The molecule has 3 aromatic heterocycles. The molecule has 0 radical (unpaired) electrons. The average Bonchev–Trinajstić information content (AvgIpc) is 3.56. The molecule has 2 aromatic carbocycles. The summed E-state index contributed by atoms with van der Waals surface area (Å²) in [6, 6.07) is 15.8. The van der Waals surface area contributed by atoms with Gasteiger partial charge in [0.1, 0.15) is 22.8 Å². The molecule has 36 heavy (non-hydrogen) atoms. The van der Waals surface area contributed by atoms with Crippen molar-refractivity contribution < 1.29 is 10.6 Å². The van der Waals surface area contributed by atoms with Crippen molar-refractivity contribution in [2.75, 3.05) is 18.0 Å². The minimum absolute atomic E-state index is 0. The number of benzene rings is 2. The Morgan fingerprint density at radius 2 is 1.94 bits per heavy atom. The smallest absolute Gasteiger partial charge is 0.207 e. The maximum atomic E-state index is 13.9. The summed E-state index contributed by atoms with van der Waals surface area (Å²) in [5.41, 5.74) is 2.71. The summed E-state index contributed by atoms with van der Waals surface area (Å²) < 4.78 is 15.1. The summed E-state index contributed by atoms with van der Waals surface area (Å²) in [6.07, 6.45) is 6.08. The Labute approximate surface area is 219 Å². The molecule has 0 aliphatic carbocycles. The number of thiophene rings is 2. The lowest BCUT2D eigenvalue weighted by Crippen LogP contribution is -2.30. The van der Waals surface area contributed by atoms with Crippen molar-refractivity contribution in [3.05, 3.63) is 77.2 Å². The molecule has 1 saturated heterocycles. The third kappa shape index (κ3) is 5.39. The number of fused-ring (bicyclic) bond motifs is 2. The molecule has 1 fully saturated rings. The van der Waals surface area contributed by atoms with Crippen LogP contribution in [0.15, 0.2) is 60.2 Å². The molecule has 4 heterocycles. The number of hydrogen-bond acceptors (Lipinski definition) is 6. The van der Waals surface area contributed by atoms with E-state index in [2.05, 4.69) is 49.8 Å². The number of anilines is 1.